The highest BCUT2D eigenvalue weighted by atomic mass is 35.5. The Bertz CT molecular complexity index is 264. The van der Waals surface area contributed by atoms with Crippen LogP contribution in [0.25, 0.3) is 0 Å². The molecule has 0 spiro atoms. The summed E-state index contributed by atoms with van der Waals surface area (Å²) in [7, 11) is 0. The maximum Gasteiger partial charge on any atom is 0.148 e. The number of carbonyl (C=O) groups is 1. The Balaban J connectivity index is 4.68. The van der Waals surface area contributed by atoms with E-state index in [0.717, 1.165) is 12.8 Å². The molecule has 0 bridgehead atoms. The Labute approximate surface area is 109 Å². The summed E-state index contributed by atoms with van der Waals surface area (Å²) in [4.78, 5) is 12.0. The van der Waals surface area contributed by atoms with Crippen molar-refractivity contribution in [1.29, 1.82) is 0 Å². The number of hydrogen-bond donors (Lipinski definition) is 0. The van der Waals surface area contributed by atoms with Crippen molar-refractivity contribution in [1.82, 2.24) is 0 Å². The van der Waals surface area contributed by atoms with Gasteiger partial charge in [0.25, 0.3) is 0 Å². The molecule has 0 aliphatic heterocycles. The molecule has 0 aromatic carbocycles. The molecule has 0 aliphatic rings. The molecule has 0 aromatic heterocycles. The molecule has 0 amide bonds. The van der Waals surface area contributed by atoms with E-state index in [-0.39, 0.29) is 17.6 Å². The highest BCUT2D eigenvalue weighted by molar-refractivity contribution is 6.33. The molecule has 0 saturated heterocycles. The van der Waals surface area contributed by atoms with Gasteiger partial charge in [0.05, 0.1) is 11.8 Å². The van der Waals surface area contributed by atoms with Crippen LogP contribution in [-0.4, -0.2) is 5.78 Å². The summed E-state index contributed by atoms with van der Waals surface area (Å²) >= 11 is 12.1. The average molecular weight is 263 g/mol. The Morgan fingerprint density at radius 3 is 1.56 bits per heavy atom. The van der Waals surface area contributed by atoms with E-state index in [2.05, 4.69) is 0 Å². The molecule has 0 heterocycles. The van der Waals surface area contributed by atoms with Crippen LogP contribution in [0.4, 0.5) is 0 Å². The molecule has 2 atom stereocenters. The van der Waals surface area contributed by atoms with Crippen molar-refractivity contribution in [3.8, 4) is 0 Å². The summed E-state index contributed by atoms with van der Waals surface area (Å²) in [5, 5.41) is 1.22. The molecule has 2 unspecified atom stereocenters. The first kappa shape index (κ1) is 15.7. The molecule has 3 heteroatoms. The molecule has 0 rings (SSSR count). The van der Waals surface area contributed by atoms with E-state index in [1.54, 1.807) is 0 Å². The molecule has 92 valence electrons. The second-order valence-electron chi connectivity index (χ2n) is 3.84. The lowest BCUT2D eigenvalue weighted by Gasteiger charge is -2.15. The average Bonchev–Trinajstić information content (AvgIpc) is 2.26. The predicted molar refractivity (Wildman–Crippen MR) is 71.8 cm³/mol. The molecule has 0 aliphatic carbocycles. The first-order valence-corrected chi connectivity index (χ1v) is 6.46. The molecule has 16 heavy (non-hydrogen) atoms. The van der Waals surface area contributed by atoms with Gasteiger partial charge in [-0.1, -0.05) is 63.0 Å². The van der Waals surface area contributed by atoms with Gasteiger partial charge in [0.1, 0.15) is 5.78 Å². The van der Waals surface area contributed by atoms with Gasteiger partial charge in [-0.2, -0.15) is 0 Å². The second kappa shape index (κ2) is 7.92. The van der Waals surface area contributed by atoms with E-state index in [4.69, 9.17) is 23.2 Å². The summed E-state index contributed by atoms with van der Waals surface area (Å²) in [5.41, 5.74) is 0. The van der Waals surface area contributed by atoms with Crippen LogP contribution in [0.2, 0.25) is 0 Å². The van der Waals surface area contributed by atoms with Crippen LogP contribution in [0.15, 0.2) is 22.2 Å². The van der Waals surface area contributed by atoms with E-state index in [1.807, 2.05) is 39.8 Å². The van der Waals surface area contributed by atoms with Crippen molar-refractivity contribution in [3.05, 3.63) is 22.2 Å². The van der Waals surface area contributed by atoms with Crippen LogP contribution in [0, 0.1) is 11.8 Å². The van der Waals surface area contributed by atoms with Crippen LogP contribution in [0.1, 0.15) is 40.5 Å². The summed E-state index contributed by atoms with van der Waals surface area (Å²) in [6, 6.07) is 0. The Morgan fingerprint density at radius 1 is 1.00 bits per heavy atom. The van der Waals surface area contributed by atoms with Crippen molar-refractivity contribution in [3.63, 3.8) is 0 Å². The van der Waals surface area contributed by atoms with E-state index < -0.39 is 0 Å². The number of halogens is 2. The van der Waals surface area contributed by atoms with E-state index >= 15 is 0 Å². The van der Waals surface area contributed by atoms with Gasteiger partial charge in [-0.3, -0.25) is 4.79 Å². The number of rotatable bonds is 6. The van der Waals surface area contributed by atoms with Crippen LogP contribution in [0.5, 0.6) is 0 Å². The number of hydrogen-bond acceptors (Lipinski definition) is 1. The maximum atomic E-state index is 12.0. The Morgan fingerprint density at radius 2 is 1.31 bits per heavy atom. The van der Waals surface area contributed by atoms with Crippen LogP contribution in [-0.2, 0) is 4.79 Å². The second-order valence-corrected chi connectivity index (χ2v) is 4.71. The van der Waals surface area contributed by atoms with Crippen molar-refractivity contribution in [2.24, 2.45) is 11.8 Å². The van der Waals surface area contributed by atoms with E-state index in [1.165, 1.54) is 0 Å². The number of carbonyl (C=O) groups excluding carboxylic acids is 1. The molecule has 0 radical (unpaired) electrons. The highest BCUT2D eigenvalue weighted by Crippen LogP contribution is 2.25. The smallest absolute Gasteiger partial charge is 0.148 e. The van der Waals surface area contributed by atoms with Gasteiger partial charge < -0.3 is 0 Å². The van der Waals surface area contributed by atoms with Crippen LogP contribution >= 0.6 is 23.2 Å². The molecule has 0 saturated carbocycles. The Kier molecular flexibility index (Phi) is 7.78. The maximum absolute atomic E-state index is 12.0. The molecule has 1 nitrogen and oxygen atoms in total. The molecule has 0 aromatic rings. The van der Waals surface area contributed by atoms with Gasteiger partial charge >= 0.3 is 0 Å². The van der Waals surface area contributed by atoms with Crippen LogP contribution in [0.3, 0.4) is 0 Å². The highest BCUT2D eigenvalue weighted by Gasteiger charge is 2.23. The quantitative estimate of drug-likeness (QED) is 0.666. The summed E-state index contributed by atoms with van der Waals surface area (Å²) in [6.07, 6.45) is 5.41. The zero-order chi connectivity index (χ0) is 12.7. The predicted octanol–water partition coefficient (Wildman–Crippen LogP) is 4.89. The monoisotopic (exact) mass is 262 g/mol. The lowest BCUT2D eigenvalue weighted by atomic mass is 9.94. The van der Waals surface area contributed by atoms with Crippen molar-refractivity contribution >= 4 is 29.0 Å². The zero-order valence-corrected chi connectivity index (χ0v) is 11.9. The first-order valence-electron chi connectivity index (χ1n) is 5.70. The first-order chi connectivity index (χ1) is 7.45. The van der Waals surface area contributed by atoms with E-state index in [0.29, 0.717) is 10.1 Å². The third-order valence-corrected chi connectivity index (χ3v) is 3.44. The largest absolute Gasteiger partial charge is 0.298 e. The minimum absolute atomic E-state index is 0.0735. The van der Waals surface area contributed by atoms with Gasteiger partial charge in [0, 0.05) is 10.1 Å². The summed E-state index contributed by atoms with van der Waals surface area (Å²) in [5.74, 6) is -0.462. The van der Waals surface area contributed by atoms with Crippen molar-refractivity contribution in [2.45, 2.75) is 40.5 Å². The molecule has 0 N–H and O–H groups in total. The fourth-order valence-corrected chi connectivity index (χ4v) is 1.91. The third kappa shape index (κ3) is 4.71. The number of allylic oxidation sites excluding steroid dienone is 4. The topological polar surface area (TPSA) is 17.1 Å². The zero-order valence-electron chi connectivity index (χ0n) is 10.4. The molecular formula is C13H20Cl2O. The molecule has 0 fully saturated rings. The fraction of sp³-hybridized carbons (Fsp3) is 0.615. The fourth-order valence-electron chi connectivity index (χ4n) is 1.39. The summed E-state index contributed by atoms with van der Waals surface area (Å²) in [6.45, 7) is 7.63. The summed E-state index contributed by atoms with van der Waals surface area (Å²) < 4.78 is 0. The van der Waals surface area contributed by atoms with Gasteiger partial charge in [-0.05, 0) is 12.8 Å². The SMILES string of the molecule is CC/C=C(\Cl)C(C)C(=O)C(C)/C(Cl)=C/CC. The van der Waals surface area contributed by atoms with Gasteiger partial charge in [0.15, 0.2) is 0 Å². The molecular weight excluding hydrogens is 243 g/mol. The number of ketones is 1. The standard InChI is InChI=1S/C13H20Cl2O/c1-5-7-11(14)9(3)13(16)10(4)12(15)8-6-2/h7-10H,5-6H2,1-4H3/b11-7-,12-8-. The van der Waals surface area contributed by atoms with Crippen LogP contribution < -0.4 is 0 Å². The van der Waals surface area contributed by atoms with E-state index in [9.17, 15) is 4.79 Å². The lowest BCUT2D eigenvalue weighted by Crippen LogP contribution is -2.20. The minimum Gasteiger partial charge on any atom is -0.298 e. The Hall–Kier alpha value is -0.270. The lowest BCUT2D eigenvalue weighted by molar-refractivity contribution is -0.123. The van der Waals surface area contributed by atoms with Gasteiger partial charge in [0.2, 0.25) is 0 Å². The third-order valence-electron chi connectivity index (χ3n) is 2.48. The normalized spacial score (nSPS) is 17.1. The minimum atomic E-state index is -0.268. The van der Waals surface area contributed by atoms with Crippen molar-refractivity contribution in [2.75, 3.05) is 0 Å². The van der Waals surface area contributed by atoms with Crippen molar-refractivity contribution < 1.29 is 4.79 Å². The van der Waals surface area contributed by atoms with Gasteiger partial charge in [-0.25, -0.2) is 0 Å². The number of Topliss-reactive ketones (excluding diaryl/α,β-unsaturated/α-hetero) is 1. The van der Waals surface area contributed by atoms with Gasteiger partial charge in [-0.15, -0.1) is 0 Å².